The van der Waals surface area contributed by atoms with E-state index < -0.39 is 36.7 Å². The molecule has 11 heteroatoms. The molecule has 0 aliphatic carbocycles. The van der Waals surface area contributed by atoms with E-state index in [0.717, 1.165) is 16.4 Å². The lowest BCUT2D eigenvalue weighted by molar-refractivity contribution is 0.102. The molecule has 170 valence electrons. The number of benzene rings is 2. The van der Waals surface area contributed by atoms with E-state index in [-0.39, 0.29) is 29.6 Å². The van der Waals surface area contributed by atoms with Crippen molar-refractivity contribution in [3.05, 3.63) is 53.8 Å². The smallest absolute Gasteiger partial charge is 0.255 e. The van der Waals surface area contributed by atoms with Gasteiger partial charge < -0.3 is 5.32 Å². The van der Waals surface area contributed by atoms with E-state index in [2.05, 4.69) is 10.0 Å². The van der Waals surface area contributed by atoms with Crippen molar-refractivity contribution in [1.29, 1.82) is 0 Å². The van der Waals surface area contributed by atoms with Crippen LogP contribution in [0.25, 0.3) is 0 Å². The van der Waals surface area contributed by atoms with E-state index in [1.165, 1.54) is 30.3 Å². The zero-order valence-corrected chi connectivity index (χ0v) is 19.3. The maximum absolute atomic E-state index is 14.2. The molecule has 0 bridgehead atoms. The van der Waals surface area contributed by atoms with Crippen LogP contribution < -0.4 is 10.0 Å². The fraction of sp³-hybridized carbons (Fsp3) is 0.350. The quantitative estimate of drug-likeness (QED) is 0.584. The highest BCUT2D eigenvalue weighted by molar-refractivity contribution is 7.89. The van der Waals surface area contributed by atoms with Gasteiger partial charge in [0.05, 0.1) is 4.90 Å². The maximum Gasteiger partial charge on any atom is 0.255 e. The van der Waals surface area contributed by atoms with Crippen molar-refractivity contribution in [2.75, 3.05) is 18.4 Å². The van der Waals surface area contributed by atoms with Crippen LogP contribution in [0.4, 0.5) is 10.1 Å². The lowest BCUT2D eigenvalue weighted by atomic mass is 10.2. The number of nitrogens with zero attached hydrogens (tertiary/aromatic N) is 1. The highest BCUT2D eigenvalue weighted by atomic mass is 32.2. The Morgan fingerprint density at radius 3 is 2.10 bits per heavy atom. The normalized spacial score (nSPS) is 12.4. The van der Waals surface area contributed by atoms with Gasteiger partial charge >= 0.3 is 0 Å². The van der Waals surface area contributed by atoms with Crippen LogP contribution >= 0.6 is 0 Å². The number of carbonyl (C=O) groups excluding carboxylic acids is 1. The molecule has 2 rings (SSSR count). The average molecular weight is 472 g/mol. The summed E-state index contributed by atoms with van der Waals surface area (Å²) in [5, 5.41) is 2.55. The zero-order valence-electron chi connectivity index (χ0n) is 17.7. The van der Waals surface area contributed by atoms with Crippen LogP contribution in [-0.4, -0.2) is 46.2 Å². The predicted molar refractivity (Wildman–Crippen MR) is 116 cm³/mol. The molecule has 0 atom stereocenters. The molecule has 0 aliphatic heterocycles. The first-order valence-electron chi connectivity index (χ1n) is 9.65. The molecule has 1 amide bonds. The van der Waals surface area contributed by atoms with Crippen molar-refractivity contribution in [3.8, 4) is 0 Å². The second-order valence-corrected chi connectivity index (χ2v) is 10.6. The van der Waals surface area contributed by atoms with Gasteiger partial charge in [0.15, 0.2) is 0 Å². The summed E-state index contributed by atoms with van der Waals surface area (Å²) in [5.74, 6) is -1.61. The Hall–Kier alpha value is -2.34. The first-order valence-corrected chi connectivity index (χ1v) is 12.6. The fourth-order valence-corrected chi connectivity index (χ4v) is 5.64. The van der Waals surface area contributed by atoms with Crippen LogP contribution in [-0.2, 0) is 20.0 Å². The number of hydrogen-bond donors (Lipinski definition) is 2. The van der Waals surface area contributed by atoms with Crippen LogP contribution in [0.5, 0.6) is 0 Å². The molecule has 2 aromatic carbocycles. The van der Waals surface area contributed by atoms with Gasteiger partial charge in [0.25, 0.3) is 5.91 Å². The monoisotopic (exact) mass is 471 g/mol. The number of amides is 1. The van der Waals surface area contributed by atoms with E-state index in [0.29, 0.717) is 5.69 Å². The molecule has 0 fully saturated rings. The van der Waals surface area contributed by atoms with Crippen molar-refractivity contribution in [2.24, 2.45) is 0 Å². The number of rotatable bonds is 9. The molecule has 0 aliphatic rings. The Balaban J connectivity index is 2.27. The summed E-state index contributed by atoms with van der Waals surface area (Å²) in [6.07, 6.45) is 0. The number of halogens is 1. The van der Waals surface area contributed by atoms with Crippen molar-refractivity contribution in [1.82, 2.24) is 9.03 Å². The van der Waals surface area contributed by atoms with Gasteiger partial charge in [-0.1, -0.05) is 13.8 Å². The number of nitrogens with one attached hydrogen (secondary N) is 2. The minimum atomic E-state index is -4.09. The molecule has 0 unspecified atom stereocenters. The topological polar surface area (TPSA) is 113 Å². The summed E-state index contributed by atoms with van der Waals surface area (Å²) in [6, 6.07) is 8.31. The number of carbonyl (C=O) groups is 1. The Labute approximate surface area is 182 Å². The van der Waals surface area contributed by atoms with Crippen molar-refractivity contribution >= 4 is 31.6 Å². The maximum atomic E-state index is 14.2. The summed E-state index contributed by atoms with van der Waals surface area (Å²) in [5.41, 5.74) is 0.247. The van der Waals surface area contributed by atoms with Crippen LogP contribution in [0.2, 0.25) is 0 Å². The molecular formula is C20H26FN3O5S2. The number of sulfonamides is 2. The number of hydrogen-bond acceptors (Lipinski definition) is 5. The molecule has 2 aromatic rings. The molecule has 0 saturated heterocycles. The molecule has 31 heavy (non-hydrogen) atoms. The van der Waals surface area contributed by atoms with Crippen LogP contribution in [0.3, 0.4) is 0 Å². The predicted octanol–water partition coefficient (Wildman–Crippen LogP) is 2.80. The van der Waals surface area contributed by atoms with E-state index >= 15 is 0 Å². The zero-order chi connectivity index (χ0) is 23.4. The van der Waals surface area contributed by atoms with Gasteiger partial charge in [-0.05, 0) is 56.3 Å². The van der Waals surface area contributed by atoms with Gasteiger partial charge in [-0.3, -0.25) is 4.79 Å². The summed E-state index contributed by atoms with van der Waals surface area (Å²) >= 11 is 0. The van der Waals surface area contributed by atoms with E-state index in [1.54, 1.807) is 27.7 Å². The third kappa shape index (κ3) is 5.88. The Bertz CT molecular complexity index is 1140. The summed E-state index contributed by atoms with van der Waals surface area (Å²) in [6.45, 7) is 6.99. The lowest BCUT2D eigenvalue weighted by Gasteiger charge is -2.19. The molecule has 0 aromatic heterocycles. The summed E-state index contributed by atoms with van der Waals surface area (Å²) < 4.78 is 67.4. The van der Waals surface area contributed by atoms with Crippen LogP contribution in [0, 0.1) is 5.82 Å². The van der Waals surface area contributed by atoms with Crippen molar-refractivity contribution in [2.45, 2.75) is 43.5 Å². The minimum absolute atomic E-state index is 0.0357. The van der Waals surface area contributed by atoms with Gasteiger partial charge in [0, 0.05) is 30.4 Å². The van der Waals surface area contributed by atoms with Crippen molar-refractivity contribution < 1.29 is 26.0 Å². The van der Waals surface area contributed by atoms with Crippen LogP contribution in [0.1, 0.15) is 38.1 Å². The Morgan fingerprint density at radius 1 is 1.00 bits per heavy atom. The van der Waals surface area contributed by atoms with E-state index in [9.17, 15) is 26.0 Å². The third-order valence-electron chi connectivity index (χ3n) is 4.33. The lowest BCUT2D eigenvalue weighted by Crippen LogP contribution is -2.31. The third-order valence-corrected chi connectivity index (χ3v) is 8.07. The fourth-order valence-electron chi connectivity index (χ4n) is 2.84. The first kappa shape index (κ1) is 24.9. The molecule has 2 N–H and O–H groups in total. The second kappa shape index (κ2) is 9.86. The molecule has 0 saturated carbocycles. The Kier molecular flexibility index (Phi) is 7.93. The SMILES string of the molecule is CCN(CC)S(=O)(=O)c1cc(C(=O)Nc2ccc(S(=O)(=O)NC(C)C)cc2)ccc1F. The first-order chi connectivity index (χ1) is 14.4. The number of anilines is 1. The van der Waals surface area contributed by atoms with Gasteiger partial charge in [-0.15, -0.1) is 0 Å². The molecule has 0 radical (unpaired) electrons. The standard InChI is InChI=1S/C20H26FN3O5S2/c1-5-24(6-2)31(28,29)19-13-15(7-12-18(19)21)20(25)22-16-8-10-17(11-9-16)30(26,27)23-14(3)4/h7-14,23H,5-6H2,1-4H3,(H,22,25). The highest BCUT2D eigenvalue weighted by Crippen LogP contribution is 2.22. The van der Waals surface area contributed by atoms with Crippen molar-refractivity contribution in [3.63, 3.8) is 0 Å². The van der Waals surface area contributed by atoms with E-state index in [4.69, 9.17) is 0 Å². The average Bonchev–Trinajstić information content (AvgIpc) is 2.68. The highest BCUT2D eigenvalue weighted by Gasteiger charge is 2.26. The summed E-state index contributed by atoms with van der Waals surface area (Å²) in [4.78, 5) is 12.0. The second-order valence-electron chi connectivity index (χ2n) is 6.99. The summed E-state index contributed by atoms with van der Waals surface area (Å²) in [7, 11) is -7.76. The Morgan fingerprint density at radius 2 is 1.58 bits per heavy atom. The van der Waals surface area contributed by atoms with Gasteiger partial charge in [-0.25, -0.2) is 25.9 Å². The molecule has 8 nitrogen and oxygen atoms in total. The van der Waals surface area contributed by atoms with Gasteiger partial charge in [0.2, 0.25) is 20.0 Å². The van der Waals surface area contributed by atoms with Gasteiger partial charge in [-0.2, -0.15) is 4.31 Å². The molecular weight excluding hydrogens is 445 g/mol. The minimum Gasteiger partial charge on any atom is -0.322 e. The largest absolute Gasteiger partial charge is 0.322 e. The van der Waals surface area contributed by atoms with E-state index in [1.807, 2.05) is 0 Å². The van der Waals surface area contributed by atoms with Gasteiger partial charge in [0.1, 0.15) is 10.7 Å². The molecule has 0 heterocycles. The molecule has 0 spiro atoms. The van der Waals surface area contributed by atoms with Crippen LogP contribution in [0.15, 0.2) is 52.3 Å².